The van der Waals surface area contributed by atoms with Gasteiger partial charge >= 0.3 is 0 Å². The van der Waals surface area contributed by atoms with E-state index in [1.165, 1.54) is 25.0 Å². The molecule has 0 unspecified atom stereocenters. The number of non-ortho nitro benzene ring substituents is 1. The molecule has 1 aromatic carbocycles. The molecule has 0 saturated carbocycles. The van der Waals surface area contributed by atoms with Crippen molar-refractivity contribution in [3.63, 3.8) is 0 Å². The van der Waals surface area contributed by atoms with E-state index in [2.05, 4.69) is 4.90 Å². The zero-order valence-electron chi connectivity index (χ0n) is 12.9. The summed E-state index contributed by atoms with van der Waals surface area (Å²) in [5.41, 5.74) is 0.296. The number of sulfone groups is 1. The largest absolute Gasteiger partial charge is 0.372 e. The SMILES string of the molecule is CN(CCN1CCCC1)c1ccc([N+](=O)[O-])cc1S(C)(=O)=O. The second-order valence-electron chi connectivity index (χ2n) is 5.65. The van der Waals surface area contributed by atoms with Crippen LogP contribution in [-0.4, -0.2) is 57.7 Å². The van der Waals surface area contributed by atoms with E-state index in [0.29, 0.717) is 12.2 Å². The summed E-state index contributed by atoms with van der Waals surface area (Å²) in [5.74, 6) is 0. The molecule has 0 atom stereocenters. The van der Waals surface area contributed by atoms with Crippen LogP contribution < -0.4 is 4.90 Å². The summed E-state index contributed by atoms with van der Waals surface area (Å²) < 4.78 is 23.9. The molecule has 1 aliphatic rings. The second-order valence-corrected chi connectivity index (χ2v) is 7.64. The molecule has 2 rings (SSSR count). The van der Waals surface area contributed by atoms with Gasteiger partial charge in [-0.2, -0.15) is 0 Å². The van der Waals surface area contributed by atoms with Crippen LogP contribution in [0.15, 0.2) is 23.1 Å². The number of hydrogen-bond acceptors (Lipinski definition) is 6. The second kappa shape index (κ2) is 6.62. The molecule has 0 radical (unpaired) electrons. The maximum Gasteiger partial charge on any atom is 0.270 e. The summed E-state index contributed by atoms with van der Waals surface area (Å²) in [6.45, 7) is 3.69. The van der Waals surface area contributed by atoms with E-state index in [1.54, 1.807) is 0 Å². The van der Waals surface area contributed by atoms with Gasteiger partial charge in [0.2, 0.25) is 0 Å². The van der Waals surface area contributed by atoms with Gasteiger partial charge in [0.05, 0.1) is 15.5 Å². The van der Waals surface area contributed by atoms with Crippen molar-refractivity contribution in [2.75, 3.05) is 44.4 Å². The van der Waals surface area contributed by atoms with Crippen LogP contribution in [0.5, 0.6) is 0 Å². The average Bonchev–Trinajstić information content (AvgIpc) is 2.96. The lowest BCUT2D eigenvalue weighted by Gasteiger charge is -2.24. The molecule has 1 heterocycles. The number of nitro benzene ring substituents is 1. The topological polar surface area (TPSA) is 83.8 Å². The van der Waals surface area contributed by atoms with Crippen LogP contribution in [0.3, 0.4) is 0 Å². The third-order valence-electron chi connectivity index (χ3n) is 3.92. The smallest absolute Gasteiger partial charge is 0.270 e. The van der Waals surface area contributed by atoms with Gasteiger partial charge < -0.3 is 9.80 Å². The van der Waals surface area contributed by atoms with Crippen LogP contribution in [0.4, 0.5) is 11.4 Å². The quantitative estimate of drug-likeness (QED) is 0.582. The van der Waals surface area contributed by atoms with Crippen molar-refractivity contribution in [1.82, 2.24) is 4.90 Å². The first kappa shape index (κ1) is 16.7. The third kappa shape index (κ3) is 3.95. The molecule has 22 heavy (non-hydrogen) atoms. The molecule has 1 aliphatic heterocycles. The average molecular weight is 327 g/mol. The first-order valence-corrected chi connectivity index (χ1v) is 9.10. The van der Waals surface area contributed by atoms with Gasteiger partial charge in [0.25, 0.3) is 5.69 Å². The van der Waals surface area contributed by atoms with Crippen LogP contribution >= 0.6 is 0 Å². The Balaban J connectivity index is 2.22. The Morgan fingerprint density at radius 3 is 2.50 bits per heavy atom. The minimum atomic E-state index is -3.53. The van der Waals surface area contributed by atoms with Crippen molar-refractivity contribution in [3.05, 3.63) is 28.3 Å². The number of likely N-dealkylation sites (tertiary alicyclic amines) is 1. The highest BCUT2D eigenvalue weighted by Crippen LogP contribution is 2.28. The highest BCUT2D eigenvalue weighted by atomic mass is 32.2. The molecule has 1 fully saturated rings. The van der Waals surface area contributed by atoms with E-state index in [9.17, 15) is 18.5 Å². The molecule has 0 amide bonds. The first-order valence-electron chi connectivity index (χ1n) is 7.21. The van der Waals surface area contributed by atoms with Crippen molar-refractivity contribution >= 4 is 21.2 Å². The molecule has 0 aromatic heterocycles. The first-order chi connectivity index (χ1) is 10.3. The number of anilines is 1. The van der Waals surface area contributed by atoms with E-state index in [0.717, 1.165) is 32.0 Å². The van der Waals surface area contributed by atoms with Crippen LogP contribution in [0.1, 0.15) is 12.8 Å². The number of nitrogens with zero attached hydrogens (tertiary/aromatic N) is 3. The van der Waals surface area contributed by atoms with Gasteiger partial charge in [-0.15, -0.1) is 0 Å². The van der Waals surface area contributed by atoms with Gasteiger partial charge in [-0.1, -0.05) is 0 Å². The molecule has 1 aromatic rings. The Bertz CT molecular complexity index is 654. The van der Waals surface area contributed by atoms with Gasteiger partial charge in [-0.25, -0.2) is 8.42 Å². The minimum Gasteiger partial charge on any atom is -0.372 e. The van der Waals surface area contributed by atoms with Gasteiger partial charge in [0.15, 0.2) is 9.84 Å². The van der Waals surface area contributed by atoms with Gasteiger partial charge in [-0.3, -0.25) is 10.1 Å². The van der Waals surface area contributed by atoms with E-state index in [-0.39, 0.29) is 10.6 Å². The highest BCUT2D eigenvalue weighted by molar-refractivity contribution is 7.90. The standard InChI is InChI=1S/C14H21N3O4S/c1-15(9-10-16-7-3-4-8-16)13-6-5-12(17(18)19)11-14(13)22(2,20)21/h5-6,11H,3-4,7-10H2,1-2H3. The predicted octanol–water partition coefficient (Wildman–Crippen LogP) is 1.53. The molecular weight excluding hydrogens is 306 g/mol. The van der Waals surface area contributed by atoms with Crippen LogP contribution in [-0.2, 0) is 9.84 Å². The Hall–Kier alpha value is -1.67. The number of hydrogen-bond donors (Lipinski definition) is 0. The Morgan fingerprint density at radius 2 is 1.95 bits per heavy atom. The van der Waals surface area contributed by atoms with Crippen molar-refractivity contribution in [1.29, 1.82) is 0 Å². The molecule has 122 valence electrons. The molecule has 1 saturated heterocycles. The summed E-state index contributed by atoms with van der Waals surface area (Å²) >= 11 is 0. The monoisotopic (exact) mass is 327 g/mol. The van der Waals surface area contributed by atoms with Crippen molar-refractivity contribution < 1.29 is 13.3 Å². The van der Waals surface area contributed by atoms with Crippen molar-refractivity contribution in [3.8, 4) is 0 Å². The van der Waals surface area contributed by atoms with E-state index >= 15 is 0 Å². The Kier molecular flexibility index (Phi) is 5.02. The highest BCUT2D eigenvalue weighted by Gasteiger charge is 2.21. The molecule has 0 spiro atoms. The maximum atomic E-state index is 11.9. The molecule has 0 N–H and O–H groups in total. The number of nitro groups is 1. The van der Waals surface area contributed by atoms with E-state index < -0.39 is 14.8 Å². The molecule has 0 aliphatic carbocycles. The fraction of sp³-hybridized carbons (Fsp3) is 0.571. The van der Waals surface area contributed by atoms with Crippen molar-refractivity contribution in [2.24, 2.45) is 0 Å². The number of benzene rings is 1. The zero-order valence-corrected chi connectivity index (χ0v) is 13.7. The van der Waals surface area contributed by atoms with Crippen molar-refractivity contribution in [2.45, 2.75) is 17.7 Å². The normalized spacial score (nSPS) is 15.9. The summed E-state index contributed by atoms with van der Waals surface area (Å²) in [5, 5.41) is 10.9. The van der Waals surface area contributed by atoms with Gasteiger partial charge in [0, 0.05) is 38.5 Å². The fourth-order valence-corrected chi connectivity index (χ4v) is 3.59. The summed E-state index contributed by atoms with van der Waals surface area (Å²) in [7, 11) is -1.72. The van der Waals surface area contributed by atoms with Crippen LogP contribution in [0.2, 0.25) is 0 Å². The Labute approximate surface area is 130 Å². The van der Waals surface area contributed by atoms with Gasteiger partial charge in [0.1, 0.15) is 0 Å². The molecule has 8 heteroatoms. The van der Waals surface area contributed by atoms with Gasteiger partial charge in [-0.05, 0) is 32.0 Å². The summed E-state index contributed by atoms with van der Waals surface area (Å²) in [4.78, 5) is 14.5. The lowest BCUT2D eigenvalue weighted by molar-refractivity contribution is -0.385. The van der Waals surface area contributed by atoms with Crippen LogP contribution in [0, 0.1) is 10.1 Å². The molecule has 0 bridgehead atoms. The molecular formula is C14H21N3O4S. The third-order valence-corrected chi connectivity index (χ3v) is 5.04. The predicted molar refractivity (Wildman–Crippen MR) is 85.2 cm³/mol. The Morgan fingerprint density at radius 1 is 1.32 bits per heavy atom. The van der Waals surface area contributed by atoms with Crippen LogP contribution in [0.25, 0.3) is 0 Å². The van der Waals surface area contributed by atoms with E-state index in [1.807, 2.05) is 11.9 Å². The molecule has 7 nitrogen and oxygen atoms in total. The number of rotatable bonds is 6. The fourth-order valence-electron chi connectivity index (χ4n) is 2.65. The number of likely N-dealkylation sites (N-methyl/N-ethyl adjacent to an activating group) is 1. The van der Waals surface area contributed by atoms with E-state index in [4.69, 9.17) is 0 Å². The minimum absolute atomic E-state index is 0.00521. The lowest BCUT2D eigenvalue weighted by atomic mass is 10.2. The zero-order chi connectivity index (χ0) is 16.3. The lowest BCUT2D eigenvalue weighted by Crippen LogP contribution is -2.32. The summed E-state index contributed by atoms with van der Waals surface area (Å²) in [6.07, 6.45) is 3.48. The summed E-state index contributed by atoms with van der Waals surface area (Å²) in [6, 6.07) is 3.99. The maximum absolute atomic E-state index is 11.9.